The van der Waals surface area contributed by atoms with Crippen LogP contribution in [-0.2, 0) is 16.1 Å². The van der Waals surface area contributed by atoms with Crippen molar-refractivity contribution in [1.82, 2.24) is 9.80 Å². The zero-order valence-electron chi connectivity index (χ0n) is 12.9. The van der Waals surface area contributed by atoms with Gasteiger partial charge in [0.15, 0.2) is 0 Å². The third-order valence-corrected chi connectivity index (χ3v) is 5.40. The summed E-state index contributed by atoms with van der Waals surface area (Å²) >= 11 is 6.48. The van der Waals surface area contributed by atoms with Crippen LogP contribution in [0.3, 0.4) is 0 Å². The van der Waals surface area contributed by atoms with E-state index in [2.05, 4.69) is 4.90 Å². The second kappa shape index (κ2) is 5.91. The molecule has 3 aliphatic rings. The van der Waals surface area contributed by atoms with Gasteiger partial charge in [-0.1, -0.05) is 17.7 Å². The van der Waals surface area contributed by atoms with Crippen molar-refractivity contribution in [3.05, 3.63) is 33.8 Å². The number of hydrogen-bond acceptors (Lipinski definition) is 5. The van der Waals surface area contributed by atoms with Crippen molar-refractivity contribution in [1.29, 1.82) is 0 Å². The van der Waals surface area contributed by atoms with E-state index in [4.69, 9.17) is 26.2 Å². The Bertz CT molecular complexity index is 710. The minimum Gasteiger partial charge on any atom is -0.465 e. The number of rotatable bonds is 1. The van der Waals surface area contributed by atoms with Crippen LogP contribution in [0.5, 0.6) is 0 Å². The average molecular weight is 353 g/mol. The van der Waals surface area contributed by atoms with E-state index in [0.29, 0.717) is 43.4 Å². The van der Waals surface area contributed by atoms with Crippen LogP contribution in [0.4, 0.5) is 4.79 Å². The quantitative estimate of drug-likeness (QED) is 0.776. The van der Waals surface area contributed by atoms with Gasteiger partial charge in [0, 0.05) is 37.3 Å². The molecule has 2 atom stereocenters. The van der Waals surface area contributed by atoms with Crippen LogP contribution < -0.4 is 0 Å². The molecular formula is C16H17ClN2O5. The fourth-order valence-corrected chi connectivity index (χ4v) is 3.92. The standard InChI is InChI=1S/C16H17ClN2O5/c17-14-11(2-1-10-12(14)8-24-15(10)20)13-6-18-3-4-19(16(21)22)5-9(18)7-23-13/h1-2,9,13H,3-8H2,(H,21,22). The Morgan fingerprint density at radius 1 is 1.29 bits per heavy atom. The summed E-state index contributed by atoms with van der Waals surface area (Å²) in [6.07, 6.45) is -1.07. The van der Waals surface area contributed by atoms with E-state index < -0.39 is 6.09 Å². The number of esters is 1. The number of ether oxygens (including phenoxy) is 2. The van der Waals surface area contributed by atoms with E-state index in [-0.39, 0.29) is 24.7 Å². The Hall–Kier alpha value is -1.83. The average Bonchev–Trinajstić information content (AvgIpc) is 2.96. The van der Waals surface area contributed by atoms with Crippen molar-refractivity contribution in [2.75, 3.05) is 32.8 Å². The number of carbonyl (C=O) groups excluding carboxylic acids is 1. The first-order valence-electron chi connectivity index (χ1n) is 7.86. The molecule has 2 unspecified atom stereocenters. The first-order valence-corrected chi connectivity index (χ1v) is 8.24. The van der Waals surface area contributed by atoms with Crippen molar-refractivity contribution < 1.29 is 24.2 Å². The lowest BCUT2D eigenvalue weighted by Crippen LogP contribution is -2.59. The predicted molar refractivity (Wildman–Crippen MR) is 84.2 cm³/mol. The molecule has 1 aromatic carbocycles. The molecule has 3 aliphatic heterocycles. The molecule has 4 rings (SSSR count). The third kappa shape index (κ3) is 2.53. The Labute approximate surface area is 143 Å². The van der Waals surface area contributed by atoms with Gasteiger partial charge < -0.3 is 19.5 Å². The highest BCUT2D eigenvalue weighted by atomic mass is 35.5. The second-order valence-electron chi connectivity index (χ2n) is 6.27. The van der Waals surface area contributed by atoms with E-state index in [9.17, 15) is 9.59 Å². The first-order chi connectivity index (χ1) is 11.5. The molecule has 0 saturated carbocycles. The number of amides is 1. The van der Waals surface area contributed by atoms with Crippen molar-refractivity contribution in [3.8, 4) is 0 Å². The number of carbonyl (C=O) groups is 2. The highest BCUT2D eigenvalue weighted by molar-refractivity contribution is 6.32. The molecule has 8 heteroatoms. The van der Waals surface area contributed by atoms with E-state index in [1.807, 2.05) is 6.07 Å². The molecular weight excluding hydrogens is 336 g/mol. The Balaban J connectivity index is 1.52. The zero-order chi connectivity index (χ0) is 16.8. The molecule has 1 amide bonds. The lowest BCUT2D eigenvalue weighted by molar-refractivity contribution is -0.0866. The lowest BCUT2D eigenvalue weighted by Gasteiger charge is -2.45. The van der Waals surface area contributed by atoms with Crippen LogP contribution in [-0.4, -0.2) is 65.8 Å². The number of hydrogen-bond donors (Lipinski definition) is 1. The van der Waals surface area contributed by atoms with E-state index >= 15 is 0 Å². The molecule has 7 nitrogen and oxygen atoms in total. The van der Waals surface area contributed by atoms with E-state index in [1.165, 1.54) is 4.90 Å². The van der Waals surface area contributed by atoms with E-state index in [1.54, 1.807) is 6.07 Å². The van der Waals surface area contributed by atoms with Gasteiger partial charge in [0.1, 0.15) is 6.61 Å². The molecule has 2 fully saturated rings. The summed E-state index contributed by atoms with van der Waals surface area (Å²) in [7, 11) is 0. The van der Waals surface area contributed by atoms with Crippen LogP contribution in [0.15, 0.2) is 12.1 Å². The van der Waals surface area contributed by atoms with Crippen molar-refractivity contribution in [3.63, 3.8) is 0 Å². The van der Waals surface area contributed by atoms with Crippen LogP contribution in [0, 0.1) is 0 Å². The maximum Gasteiger partial charge on any atom is 0.407 e. The normalized spacial score (nSPS) is 26.7. The number of piperazine rings is 1. The second-order valence-corrected chi connectivity index (χ2v) is 6.65. The zero-order valence-corrected chi connectivity index (χ0v) is 13.7. The molecule has 128 valence electrons. The van der Waals surface area contributed by atoms with Crippen molar-refractivity contribution in [2.24, 2.45) is 0 Å². The molecule has 0 bridgehead atoms. The Kier molecular flexibility index (Phi) is 3.86. The minimum atomic E-state index is -0.886. The molecule has 0 aromatic heterocycles. The van der Waals surface area contributed by atoms with Gasteiger partial charge in [-0.2, -0.15) is 0 Å². The summed E-state index contributed by atoms with van der Waals surface area (Å²) in [5.74, 6) is -0.340. The summed E-state index contributed by atoms with van der Waals surface area (Å²) in [4.78, 5) is 26.4. The highest BCUT2D eigenvalue weighted by Gasteiger charge is 2.37. The van der Waals surface area contributed by atoms with Crippen molar-refractivity contribution >= 4 is 23.7 Å². The predicted octanol–water partition coefficient (Wildman–Crippen LogP) is 1.75. The Morgan fingerprint density at radius 3 is 2.92 bits per heavy atom. The fraction of sp³-hybridized carbons (Fsp3) is 0.500. The summed E-state index contributed by atoms with van der Waals surface area (Å²) in [5.41, 5.74) is 2.10. The van der Waals surface area contributed by atoms with Gasteiger partial charge in [-0.05, 0) is 6.07 Å². The number of fused-ring (bicyclic) bond motifs is 2. The number of benzene rings is 1. The molecule has 24 heavy (non-hydrogen) atoms. The molecule has 1 N–H and O–H groups in total. The molecule has 1 aromatic rings. The van der Waals surface area contributed by atoms with Crippen LogP contribution in [0.2, 0.25) is 5.02 Å². The maximum atomic E-state index is 11.6. The first kappa shape index (κ1) is 15.7. The number of nitrogens with zero attached hydrogens (tertiary/aromatic N) is 2. The molecule has 3 heterocycles. The van der Waals surface area contributed by atoms with Gasteiger partial charge in [0.25, 0.3) is 0 Å². The molecule has 0 radical (unpaired) electrons. The van der Waals surface area contributed by atoms with Gasteiger partial charge in [-0.25, -0.2) is 9.59 Å². The van der Waals surface area contributed by atoms with Crippen LogP contribution in [0.1, 0.15) is 27.6 Å². The van der Waals surface area contributed by atoms with Gasteiger partial charge >= 0.3 is 12.1 Å². The molecule has 2 saturated heterocycles. The monoisotopic (exact) mass is 352 g/mol. The summed E-state index contributed by atoms with van der Waals surface area (Å²) < 4.78 is 11.0. The Morgan fingerprint density at radius 2 is 2.12 bits per heavy atom. The molecule has 0 spiro atoms. The highest BCUT2D eigenvalue weighted by Crippen LogP contribution is 2.36. The van der Waals surface area contributed by atoms with Gasteiger partial charge in [-0.3, -0.25) is 4.90 Å². The minimum absolute atomic E-state index is 0.0733. The topological polar surface area (TPSA) is 79.3 Å². The van der Waals surface area contributed by atoms with Gasteiger partial charge in [0.2, 0.25) is 0 Å². The number of halogens is 1. The smallest absolute Gasteiger partial charge is 0.407 e. The molecule has 0 aliphatic carbocycles. The van der Waals surface area contributed by atoms with Crippen molar-refractivity contribution in [2.45, 2.75) is 18.8 Å². The summed E-state index contributed by atoms with van der Waals surface area (Å²) in [6.45, 7) is 2.96. The summed E-state index contributed by atoms with van der Waals surface area (Å²) in [6, 6.07) is 3.64. The van der Waals surface area contributed by atoms with Crippen LogP contribution >= 0.6 is 11.6 Å². The van der Waals surface area contributed by atoms with Crippen LogP contribution in [0.25, 0.3) is 0 Å². The van der Waals surface area contributed by atoms with Gasteiger partial charge in [0.05, 0.1) is 29.3 Å². The van der Waals surface area contributed by atoms with Gasteiger partial charge in [-0.15, -0.1) is 0 Å². The largest absolute Gasteiger partial charge is 0.465 e. The SMILES string of the molecule is O=C1OCc2c1ccc(C1CN3CCN(C(=O)O)CC3CO1)c2Cl. The summed E-state index contributed by atoms with van der Waals surface area (Å²) in [5, 5.41) is 9.65. The maximum absolute atomic E-state index is 11.6. The number of cyclic esters (lactones) is 1. The number of morpholine rings is 1. The lowest BCUT2D eigenvalue weighted by atomic mass is 9.99. The van der Waals surface area contributed by atoms with E-state index in [0.717, 1.165) is 11.1 Å². The fourth-order valence-electron chi connectivity index (χ4n) is 3.58. The third-order valence-electron chi connectivity index (χ3n) is 4.95. The number of carboxylic acid groups (broad SMARTS) is 1.